The van der Waals surface area contributed by atoms with Crippen molar-refractivity contribution in [1.82, 2.24) is 24.3 Å². The van der Waals surface area contributed by atoms with Gasteiger partial charge in [-0.1, -0.05) is 36.8 Å². The van der Waals surface area contributed by atoms with E-state index in [1.54, 1.807) is 36.4 Å². The number of nitrogens with zero attached hydrogens (tertiary/aromatic N) is 5. The number of ether oxygens (including phenoxy) is 2. The van der Waals surface area contributed by atoms with Gasteiger partial charge in [-0.3, -0.25) is 9.69 Å². The number of rotatable bonds is 7. The molecular weight excluding hydrogens is 566 g/mol. The lowest BCUT2D eigenvalue weighted by molar-refractivity contribution is -0.127. The molecule has 0 bridgehead atoms. The zero-order chi connectivity index (χ0) is 30.8. The molecule has 2 N–H and O–H groups in total. The lowest BCUT2D eigenvalue weighted by Crippen LogP contribution is -2.55. The number of alkyl halides is 2. The second kappa shape index (κ2) is 12.3. The number of nitrogen functional groups attached to an aromatic ring is 1. The van der Waals surface area contributed by atoms with Crippen molar-refractivity contribution in [1.29, 1.82) is 0 Å². The molecule has 0 spiro atoms. The van der Waals surface area contributed by atoms with E-state index in [1.165, 1.54) is 18.5 Å². The third-order valence-electron chi connectivity index (χ3n) is 8.19. The Kier molecular flexibility index (Phi) is 8.17. The first-order chi connectivity index (χ1) is 21.3. The van der Waals surface area contributed by atoms with Crippen LogP contribution in [0.4, 0.5) is 14.6 Å². The number of piperidine rings is 1. The predicted octanol–water partition coefficient (Wildman–Crippen LogP) is 5.07. The van der Waals surface area contributed by atoms with Gasteiger partial charge in [0, 0.05) is 50.7 Å². The third-order valence-corrected chi connectivity index (χ3v) is 8.19. The number of fused-ring (bicyclic) bond motifs is 1. The minimum absolute atomic E-state index is 0.0156. The van der Waals surface area contributed by atoms with Gasteiger partial charge in [0.25, 0.3) is 0 Å². The Morgan fingerprint density at radius 1 is 1.11 bits per heavy atom. The highest BCUT2D eigenvalue weighted by atomic mass is 19.3. The molecule has 0 radical (unpaired) electrons. The fourth-order valence-electron chi connectivity index (χ4n) is 5.91. The molecule has 9 nitrogen and oxygen atoms in total. The van der Waals surface area contributed by atoms with E-state index < -0.39 is 6.61 Å². The van der Waals surface area contributed by atoms with Crippen LogP contribution in [-0.4, -0.2) is 69.1 Å². The Morgan fingerprint density at radius 3 is 2.57 bits per heavy atom. The zero-order valence-electron chi connectivity index (χ0n) is 24.2. The van der Waals surface area contributed by atoms with Gasteiger partial charge in [-0.15, -0.1) is 0 Å². The van der Waals surface area contributed by atoms with Crippen LogP contribution < -0.4 is 15.2 Å². The summed E-state index contributed by atoms with van der Waals surface area (Å²) >= 11 is 0. The van der Waals surface area contributed by atoms with Crippen molar-refractivity contribution >= 4 is 22.8 Å². The van der Waals surface area contributed by atoms with E-state index in [1.807, 2.05) is 22.6 Å². The van der Waals surface area contributed by atoms with Crippen molar-refractivity contribution in [3.05, 3.63) is 73.2 Å². The molecule has 4 aromatic rings. The van der Waals surface area contributed by atoms with Crippen LogP contribution in [0.5, 0.6) is 17.2 Å². The second-order valence-electron chi connectivity index (χ2n) is 10.9. The van der Waals surface area contributed by atoms with Gasteiger partial charge in [0.15, 0.2) is 11.5 Å². The first-order valence-corrected chi connectivity index (χ1v) is 14.4. The summed E-state index contributed by atoms with van der Waals surface area (Å²) in [5.41, 5.74) is 8.75. The number of amides is 1. The first-order valence-electron chi connectivity index (χ1n) is 14.4. The maximum absolute atomic E-state index is 13.5. The van der Waals surface area contributed by atoms with E-state index in [-0.39, 0.29) is 29.1 Å². The predicted molar refractivity (Wildman–Crippen MR) is 163 cm³/mol. The van der Waals surface area contributed by atoms with Crippen LogP contribution in [0.25, 0.3) is 22.2 Å². The Bertz CT molecular complexity index is 1750. The number of nitrogens with two attached hydrogens (primary N) is 1. The quantitative estimate of drug-likeness (QED) is 0.234. The van der Waals surface area contributed by atoms with E-state index in [9.17, 15) is 13.6 Å². The number of aromatic nitrogens is 3. The van der Waals surface area contributed by atoms with Crippen LogP contribution in [0.15, 0.2) is 67.5 Å². The summed E-state index contributed by atoms with van der Waals surface area (Å²) < 4.78 is 39.6. The third kappa shape index (κ3) is 5.81. The molecule has 6 rings (SSSR count). The number of likely N-dealkylation sites (tertiary alicyclic amines) is 2. The lowest BCUT2D eigenvalue weighted by atomic mass is 9.93. The van der Waals surface area contributed by atoms with Gasteiger partial charge in [-0.2, -0.15) is 8.78 Å². The molecular formula is C33H32F2N6O3. The molecule has 2 aliphatic heterocycles. The van der Waals surface area contributed by atoms with Gasteiger partial charge >= 0.3 is 6.61 Å². The average Bonchev–Trinajstić information content (AvgIpc) is 3.29. The van der Waals surface area contributed by atoms with Crippen molar-refractivity contribution in [3.8, 4) is 40.2 Å². The first kappa shape index (κ1) is 29.1. The SMILES string of the molecule is C=CC(=O)N1CCC(N2CC(C#Cc3c(-c4ccc(Oc5ccccc5)c(OC(F)F)c4)c4c(N)ncnc4n3C)C2)CC1. The molecule has 2 saturated heterocycles. The number of carbonyl (C=O) groups is 1. The summed E-state index contributed by atoms with van der Waals surface area (Å²) in [5, 5.41) is 0.579. The number of hydrogen-bond acceptors (Lipinski definition) is 7. The molecule has 0 aliphatic carbocycles. The maximum Gasteiger partial charge on any atom is 0.387 e. The van der Waals surface area contributed by atoms with Gasteiger partial charge in [-0.25, -0.2) is 9.97 Å². The number of halogens is 2. The van der Waals surface area contributed by atoms with Crippen molar-refractivity contribution in [2.75, 3.05) is 31.9 Å². The van der Waals surface area contributed by atoms with E-state index in [0.29, 0.717) is 39.6 Å². The minimum Gasteiger partial charge on any atom is -0.453 e. The van der Waals surface area contributed by atoms with Crippen molar-refractivity contribution in [2.45, 2.75) is 25.5 Å². The molecule has 0 saturated carbocycles. The fraction of sp³-hybridized carbons (Fsp3) is 0.303. The van der Waals surface area contributed by atoms with Gasteiger partial charge in [0.05, 0.1) is 5.39 Å². The number of hydrogen-bond donors (Lipinski definition) is 1. The van der Waals surface area contributed by atoms with Crippen molar-refractivity contribution in [3.63, 3.8) is 0 Å². The minimum atomic E-state index is -3.06. The van der Waals surface area contributed by atoms with Gasteiger partial charge in [0.1, 0.15) is 29.2 Å². The Morgan fingerprint density at radius 2 is 1.86 bits per heavy atom. The lowest BCUT2D eigenvalue weighted by Gasteiger charge is -2.45. The van der Waals surface area contributed by atoms with E-state index in [0.717, 1.165) is 39.0 Å². The number of para-hydroxylation sites is 1. The standard InChI is InChI=1S/C33H32F2N6O3/c1-3-28(42)40-15-13-23(14-16-40)41-18-21(19-41)9-11-25-29(30-31(36)37-20-38-32(30)39(25)2)22-10-12-26(27(17-22)44-33(34)35)43-24-7-5-4-6-8-24/h3-8,10,12,17,20-21,23,33H,1,13-16,18-19H2,2H3,(H2,36,37,38). The molecule has 1 amide bonds. The van der Waals surface area contributed by atoms with Gasteiger partial charge in [0.2, 0.25) is 5.91 Å². The normalized spacial score (nSPS) is 16.0. The van der Waals surface area contributed by atoms with E-state index in [4.69, 9.17) is 15.2 Å². The number of aryl methyl sites for hydroxylation is 1. The average molecular weight is 599 g/mol. The zero-order valence-corrected chi connectivity index (χ0v) is 24.2. The number of anilines is 1. The summed E-state index contributed by atoms with van der Waals surface area (Å²) in [6, 6.07) is 14.2. The van der Waals surface area contributed by atoms with Crippen molar-refractivity contribution < 1.29 is 23.0 Å². The Labute approximate surface area is 253 Å². The molecule has 2 aromatic heterocycles. The number of benzene rings is 2. The molecule has 2 aromatic carbocycles. The molecule has 226 valence electrons. The highest BCUT2D eigenvalue weighted by Gasteiger charge is 2.34. The van der Waals surface area contributed by atoms with Crippen LogP contribution in [-0.2, 0) is 11.8 Å². The molecule has 0 atom stereocenters. The highest BCUT2D eigenvalue weighted by molar-refractivity contribution is 6.03. The highest BCUT2D eigenvalue weighted by Crippen LogP contribution is 2.41. The summed E-state index contributed by atoms with van der Waals surface area (Å²) in [7, 11) is 1.84. The Balaban J connectivity index is 1.29. The summed E-state index contributed by atoms with van der Waals surface area (Å²) in [6.07, 6.45) is 4.62. The molecule has 4 heterocycles. The monoisotopic (exact) mass is 598 g/mol. The second-order valence-corrected chi connectivity index (χ2v) is 10.9. The fourth-order valence-corrected chi connectivity index (χ4v) is 5.91. The van der Waals surface area contributed by atoms with Crippen LogP contribution in [0.2, 0.25) is 0 Å². The molecule has 44 heavy (non-hydrogen) atoms. The van der Waals surface area contributed by atoms with E-state index in [2.05, 4.69) is 33.3 Å². The smallest absolute Gasteiger partial charge is 0.387 e. The summed E-state index contributed by atoms with van der Waals surface area (Å²) in [4.78, 5) is 24.8. The summed E-state index contributed by atoms with van der Waals surface area (Å²) in [5.74, 6) is 7.66. The topological polar surface area (TPSA) is 98.7 Å². The maximum atomic E-state index is 13.5. The van der Waals surface area contributed by atoms with Crippen LogP contribution >= 0.6 is 0 Å². The Hall–Kier alpha value is -4.95. The molecule has 2 aliphatic rings. The molecule has 2 fully saturated rings. The van der Waals surface area contributed by atoms with Crippen LogP contribution in [0, 0.1) is 17.8 Å². The van der Waals surface area contributed by atoms with Crippen molar-refractivity contribution in [2.24, 2.45) is 13.0 Å². The largest absolute Gasteiger partial charge is 0.453 e. The van der Waals surface area contributed by atoms with Gasteiger partial charge in [-0.05, 0) is 54.7 Å². The molecule has 0 unspecified atom stereocenters. The molecule has 11 heteroatoms. The van der Waals surface area contributed by atoms with Crippen LogP contribution in [0.1, 0.15) is 18.5 Å². The summed E-state index contributed by atoms with van der Waals surface area (Å²) in [6.45, 7) is 3.67. The van der Waals surface area contributed by atoms with E-state index >= 15 is 0 Å². The van der Waals surface area contributed by atoms with Gasteiger partial charge < -0.3 is 24.7 Å². The number of carbonyl (C=O) groups excluding carboxylic acids is 1. The van der Waals surface area contributed by atoms with Crippen LogP contribution in [0.3, 0.4) is 0 Å².